The fourth-order valence-corrected chi connectivity index (χ4v) is 4.67. The molecular formula is C26H49N7O4. The van der Waals surface area contributed by atoms with Crippen LogP contribution < -0.4 is 33.4 Å². The number of pyridine rings is 1. The first-order valence-corrected chi connectivity index (χ1v) is 12.9. The second-order valence-electron chi connectivity index (χ2n) is 11.1. The third-order valence-electron chi connectivity index (χ3n) is 6.39. The van der Waals surface area contributed by atoms with Crippen molar-refractivity contribution in [1.29, 1.82) is 0 Å². The van der Waals surface area contributed by atoms with Crippen LogP contribution in [0.2, 0.25) is 0 Å². The molecular weight excluding hydrogens is 474 g/mol. The van der Waals surface area contributed by atoms with Crippen molar-refractivity contribution in [2.75, 3.05) is 30.7 Å². The number of nitrogen functional groups attached to an aromatic ring is 1. The van der Waals surface area contributed by atoms with Crippen molar-refractivity contribution in [3.8, 4) is 5.88 Å². The summed E-state index contributed by atoms with van der Waals surface area (Å²) in [6.07, 6.45) is 6.90. The average Bonchev–Trinajstić information content (AvgIpc) is 2.76. The van der Waals surface area contributed by atoms with Crippen molar-refractivity contribution in [3.05, 3.63) is 12.3 Å². The van der Waals surface area contributed by atoms with E-state index in [1.165, 1.54) is 0 Å². The number of piperidine rings is 1. The number of esters is 1. The van der Waals surface area contributed by atoms with Gasteiger partial charge in [-0.05, 0) is 73.1 Å². The van der Waals surface area contributed by atoms with Crippen LogP contribution in [0.3, 0.4) is 0 Å². The summed E-state index contributed by atoms with van der Waals surface area (Å²) in [7, 11) is 0. The van der Waals surface area contributed by atoms with E-state index in [0.29, 0.717) is 18.1 Å². The van der Waals surface area contributed by atoms with Crippen molar-refractivity contribution >= 4 is 23.3 Å². The summed E-state index contributed by atoms with van der Waals surface area (Å²) in [5, 5.41) is 6.56. The molecule has 1 saturated carbocycles. The number of hydrogen-bond donors (Lipinski definition) is 5. The minimum absolute atomic E-state index is 0. The van der Waals surface area contributed by atoms with E-state index in [2.05, 4.69) is 20.5 Å². The van der Waals surface area contributed by atoms with Gasteiger partial charge in [0.1, 0.15) is 11.7 Å². The minimum Gasteiger partial charge on any atom is -0.474 e. The van der Waals surface area contributed by atoms with E-state index in [0.717, 1.165) is 57.3 Å². The number of likely N-dealkylation sites (tertiary alicyclic amines) is 1. The molecule has 2 heterocycles. The molecule has 0 spiro atoms. The Morgan fingerprint density at radius 1 is 1.11 bits per heavy atom. The molecule has 1 amide bonds. The van der Waals surface area contributed by atoms with Gasteiger partial charge in [0.15, 0.2) is 0 Å². The normalized spacial score (nSPS) is 20.8. The SMILES string of the molecule is CC(C)NC(=O)[C@H]1CC[C@@H](Nc2cc(OC3CCN(CC(=O)OC(C)(C)C)CC3)ncc2N)CC1.N.N. The Hall–Kier alpha value is -2.63. The monoisotopic (exact) mass is 523 g/mol. The fourth-order valence-electron chi connectivity index (χ4n) is 4.67. The Morgan fingerprint density at radius 3 is 2.30 bits per heavy atom. The van der Waals surface area contributed by atoms with Crippen molar-refractivity contribution < 1.29 is 19.1 Å². The van der Waals surface area contributed by atoms with E-state index >= 15 is 0 Å². The molecule has 11 heteroatoms. The first-order chi connectivity index (χ1) is 16.5. The van der Waals surface area contributed by atoms with Crippen LogP contribution in [-0.4, -0.2) is 65.2 Å². The van der Waals surface area contributed by atoms with Crippen LogP contribution in [0.4, 0.5) is 11.4 Å². The molecule has 0 bridgehead atoms. The summed E-state index contributed by atoms with van der Waals surface area (Å²) in [5.41, 5.74) is 7.13. The van der Waals surface area contributed by atoms with Gasteiger partial charge in [0.25, 0.3) is 0 Å². The highest BCUT2D eigenvalue weighted by molar-refractivity contribution is 5.79. The van der Waals surface area contributed by atoms with Crippen LogP contribution >= 0.6 is 0 Å². The molecule has 37 heavy (non-hydrogen) atoms. The molecule has 1 aromatic rings. The molecule has 0 aromatic carbocycles. The number of nitrogens with one attached hydrogen (secondary N) is 2. The molecule has 11 nitrogen and oxygen atoms in total. The van der Waals surface area contributed by atoms with E-state index in [-0.39, 0.29) is 48.3 Å². The fraction of sp³-hybridized carbons (Fsp3) is 0.731. The van der Waals surface area contributed by atoms with E-state index < -0.39 is 5.60 Å². The summed E-state index contributed by atoms with van der Waals surface area (Å²) in [6.45, 7) is 11.5. The van der Waals surface area contributed by atoms with Gasteiger partial charge in [-0.1, -0.05) is 0 Å². The second-order valence-corrected chi connectivity index (χ2v) is 11.1. The van der Waals surface area contributed by atoms with Gasteiger partial charge in [-0.2, -0.15) is 0 Å². The summed E-state index contributed by atoms with van der Waals surface area (Å²) in [6, 6.07) is 2.32. The van der Waals surface area contributed by atoms with E-state index in [1.807, 2.05) is 40.7 Å². The van der Waals surface area contributed by atoms with Crippen LogP contribution in [0.5, 0.6) is 5.88 Å². The maximum absolute atomic E-state index is 12.3. The lowest BCUT2D eigenvalue weighted by Gasteiger charge is -2.32. The summed E-state index contributed by atoms with van der Waals surface area (Å²) in [4.78, 5) is 30.8. The molecule has 0 atom stereocenters. The molecule has 3 rings (SSSR count). The second kappa shape index (κ2) is 14.3. The third kappa shape index (κ3) is 10.7. The first-order valence-electron chi connectivity index (χ1n) is 12.9. The van der Waals surface area contributed by atoms with Crippen LogP contribution in [0.15, 0.2) is 12.3 Å². The number of anilines is 2. The van der Waals surface area contributed by atoms with Crippen molar-refractivity contribution in [3.63, 3.8) is 0 Å². The Balaban J connectivity index is 0.00000342. The van der Waals surface area contributed by atoms with Crippen LogP contribution in [0, 0.1) is 5.92 Å². The number of carbonyl (C=O) groups is 2. The topological polar surface area (TPSA) is 189 Å². The Labute approximate surface area is 221 Å². The smallest absolute Gasteiger partial charge is 0.320 e. The largest absolute Gasteiger partial charge is 0.474 e. The molecule has 0 unspecified atom stereocenters. The van der Waals surface area contributed by atoms with Crippen molar-refractivity contribution in [1.82, 2.24) is 27.5 Å². The molecule has 1 aliphatic carbocycles. The highest BCUT2D eigenvalue weighted by Crippen LogP contribution is 2.30. The summed E-state index contributed by atoms with van der Waals surface area (Å²) >= 11 is 0. The lowest BCUT2D eigenvalue weighted by molar-refractivity contribution is -0.156. The van der Waals surface area contributed by atoms with Crippen LogP contribution in [0.25, 0.3) is 0 Å². The number of nitrogens with two attached hydrogens (primary N) is 1. The van der Waals surface area contributed by atoms with Gasteiger partial charge >= 0.3 is 5.97 Å². The Kier molecular flexibility index (Phi) is 12.6. The number of ether oxygens (including phenoxy) is 2. The van der Waals surface area contributed by atoms with Crippen LogP contribution in [-0.2, 0) is 14.3 Å². The molecule has 1 aliphatic heterocycles. The van der Waals surface area contributed by atoms with Crippen molar-refractivity contribution in [2.24, 2.45) is 5.92 Å². The van der Waals surface area contributed by atoms with Crippen molar-refractivity contribution in [2.45, 2.75) is 96.9 Å². The minimum atomic E-state index is -0.465. The highest BCUT2D eigenvalue weighted by Gasteiger charge is 2.28. The predicted molar refractivity (Wildman–Crippen MR) is 147 cm³/mol. The molecule has 2 fully saturated rings. The zero-order chi connectivity index (χ0) is 25.6. The third-order valence-corrected chi connectivity index (χ3v) is 6.39. The van der Waals surface area contributed by atoms with E-state index in [1.54, 1.807) is 6.20 Å². The maximum Gasteiger partial charge on any atom is 0.320 e. The number of rotatable bonds is 8. The van der Waals surface area contributed by atoms with Gasteiger partial charge in [-0.25, -0.2) is 4.98 Å². The summed E-state index contributed by atoms with van der Waals surface area (Å²) in [5.74, 6) is 0.611. The van der Waals surface area contributed by atoms with Gasteiger partial charge in [0.05, 0.1) is 24.1 Å². The molecule has 1 aromatic heterocycles. The highest BCUT2D eigenvalue weighted by atomic mass is 16.6. The van der Waals surface area contributed by atoms with Crippen LogP contribution in [0.1, 0.15) is 73.1 Å². The molecule has 1 saturated heterocycles. The molecule has 10 N–H and O–H groups in total. The van der Waals surface area contributed by atoms with E-state index in [9.17, 15) is 9.59 Å². The number of aromatic nitrogens is 1. The molecule has 0 radical (unpaired) electrons. The lowest BCUT2D eigenvalue weighted by atomic mass is 9.85. The quantitative estimate of drug-likeness (QED) is 0.314. The lowest BCUT2D eigenvalue weighted by Crippen LogP contribution is -2.42. The number of carbonyl (C=O) groups excluding carboxylic acids is 2. The Bertz CT molecular complexity index is 859. The van der Waals surface area contributed by atoms with Gasteiger partial charge in [0, 0.05) is 37.2 Å². The average molecular weight is 524 g/mol. The molecule has 212 valence electrons. The number of amides is 1. The molecule has 2 aliphatic rings. The number of hydrogen-bond acceptors (Lipinski definition) is 10. The van der Waals surface area contributed by atoms with Gasteiger partial charge in [-0.3, -0.25) is 14.5 Å². The zero-order valence-electron chi connectivity index (χ0n) is 23.3. The Morgan fingerprint density at radius 2 is 1.73 bits per heavy atom. The standard InChI is InChI=1S/C26H43N5O4.2H3N/c1-17(2)29-25(33)18-6-8-19(9-7-18)30-22-14-23(28-15-21(22)27)34-20-10-12-31(13-11-20)16-24(32)35-26(3,4)5;;/h14-15,17-20H,6-13,16,27H2,1-5H3,(H,28,30)(H,29,33);2*1H3/t18-,19+;;. The maximum atomic E-state index is 12.3. The van der Waals surface area contributed by atoms with Gasteiger partial charge in [-0.15, -0.1) is 0 Å². The summed E-state index contributed by atoms with van der Waals surface area (Å²) < 4.78 is 11.6. The zero-order valence-corrected chi connectivity index (χ0v) is 23.3. The van der Waals surface area contributed by atoms with Gasteiger partial charge in [0.2, 0.25) is 11.8 Å². The first kappa shape index (κ1) is 32.4. The van der Waals surface area contributed by atoms with E-state index in [4.69, 9.17) is 15.2 Å². The van der Waals surface area contributed by atoms with Gasteiger partial charge < -0.3 is 38.1 Å². The number of nitrogens with zero attached hydrogens (tertiary/aromatic N) is 2. The predicted octanol–water partition coefficient (Wildman–Crippen LogP) is 3.67.